The van der Waals surface area contributed by atoms with Crippen molar-refractivity contribution >= 4 is 28.2 Å². The monoisotopic (exact) mass is 453 g/mol. The van der Waals surface area contributed by atoms with Gasteiger partial charge in [-0.2, -0.15) is 5.26 Å². The number of anilines is 2. The molecule has 0 bridgehead atoms. The molecule has 0 spiro atoms. The van der Waals surface area contributed by atoms with E-state index in [1.807, 2.05) is 22.4 Å². The van der Waals surface area contributed by atoms with Crippen LogP contribution in [0.2, 0.25) is 0 Å². The van der Waals surface area contributed by atoms with E-state index >= 15 is 0 Å². The number of rotatable bonds is 6. The van der Waals surface area contributed by atoms with E-state index in [9.17, 15) is 4.79 Å². The Labute approximate surface area is 193 Å². The quantitative estimate of drug-likeness (QED) is 0.672. The first kappa shape index (κ1) is 22.6. The van der Waals surface area contributed by atoms with Gasteiger partial charge in [0.05, 0.1) is 12.6 Å². The third-order valence-corrected chi connectivity index (χ3v) is 7.04. The van der Waals surface area contributed by atoms with Crippen molar-refractivity contribution in [3.05, 3.63) is 35.0 Å². The van der Waals surface area contributed by atoms with Gasteiger partial charge in [0.1, 0.15) is 11.5 Å². The molecular formula is C23H31N7OS. The number of hydrogen-bond donors (Lipinski definition) is 1. The van der Waals surface area contributed by atoms with Crippen molar-refractivity contribution in [2.45, 2.75) is 38.6 Å². The summed E-state index contributed by atoms with van der Waals surface area (Å²) >= 11 is 1.43. The Morgan fingerprint density at radius 2 is 2.06 bits per heavy atom. The lowest BCUT2D eigenvalue weighted by Gasteiger charge is -2.36. The number of nitriles is 1. The molecule has 1 unspecified atom stereocenters. The van der Waals surface area contributed by atoms with Crippen molar-refractivity contribution in [2.75, 3.05) is 51.1 Å². The predicted molar refractivity (Wildman–Crippen MR) is 126 cm³/mol. The molecule has 1 atom stereocenters. The van der Waals surface area contributed by atoms with Gasteiger partial charge >= 0.3 is 0 Å². The number of amides is 1. The smallest absolute Gasteiger partial charge is 0.273 e. The number of pyridine rings is 1. The Balaban J connectivity index is 1.37. The number of piperidine rings is 1. The Hall–Kier alpha value is -2.54. The van der Waals surface area contributed by atoms with Gasteiger partial charge in [-0.15, -0.1) is 11.3 Å². The van der Waals surface area contributed by atoms with E-state index in [4.69, 9.17) is 10.2 Å². The molecule has 2 aromatic rings. The first-order chi connectivity index (χ1) is 15.5. The van der Waals surface area contributed by atoms with Gasteiger partial charge in [-0.25, -0.2) is 9.97 Å². The number of piperazine rings is 1. The second kappa shape index (κ2) is 10.4. The van der Waals surface area contributed by atoms with Gasteiger partial charge < -0.3 is 10.2 Å². The van der Waals surface area contributed by atoms with E-state index < -0.39 is 0 Å². The summed E-state index contributed by atoms with van der Waals surface area (Å²) in [7, 11) is 0. The van der Waals surface area contributed by atoms with E-state index in [-0.39, 0.29) is 5.91 Å². The molecule has 1 N–H and O–H groups in total. The lowest BCUT2D eigenvalue weighted by atomic mass is 9.94. The first-order valence-electron chi connectivity index (χ1n) is 11.4. The molecule has 2 aliphatic heterocycles. The zero-order valence-corrected chi connectivity index (χ0v) is 19.6. The maximum absolute atomic E-state index is 12.9. The van der Waals surface area contributed by atoms with Gasteiger partial charge in [-0.1, -0.05) is 6.07 Å². The highest BCUT2D eigenvalue weighted by molar-refractivity contribution is 7.14. The maximum atomic E-state index is 12.9. The molecule has 4 rings (SSSR count). The van der Waals surface area contributed by atoms with E-state index in [2.05, 4.69) is 46.1 Å². The molecule has 0 saturated carbocycles. The fourth-order valence-corrected chi connectivity index (χ4v) is 5.12. The molecule has 1 amide bonds. The molecule has 2 aliphatic rings. The van der Waals surface area contributed by atoms with Gasteiger partial charge in [0.15, 0.2) is 5.13 Å². The van der Waals surface area contributed by atoms with Crippen molar-refractivity contribution in [3.8, 4) is 6.07 Å². The van der Waals surface area contributed by atoms with Crippen molar-refractivity contribution in [1.82, 2.24) is 24.7 Å². The van der Waals surface area contributed by atoms with Crippen LogP contribution >= 0.6 is 11.3 Å². The third-order valence-electron chi connectivity index (χ3n) is 6.28. The lowest BCUT2D eigenvalue weighted by Crippen LogP contribution is -2.50. The topological polar surface area (TPSA) is 88.4 Å². The highest BCUT2D eigenvalue weighted by atomic mass is 32.1. The molecule has 2 aromatic heterocycles. The van der Waals surface area contributed by atoms with Gasteiger partial charge in [-0.05, 0) is 45.4 Å². The number of likely N-dealkylation sites (tertiary alicyclic amines) is 1. The minimum atomic E-state index is -0.000735. The molecule has 4 heterocycles. The second-order valence-electron chi connectivity index (χ2n) is 8.76. The summed E-state index contributed by atoms with van der Waals surface area (Å²) in [4.78, 5) is 28.7. The highest BCUT2D eigenvalue weighted by Crippen LogP contribution is 2.27. The van der Waals surface area contributed by atoms with Crippen LogP contribution in [0.3, 0.4) is 0 Å². The normalized spacial score (nSPS) is 20.3. The molecule has 2 fully saturated rings. The second-order valence-corrected chi connectivity index (χ2v) is 9.62. The van der Waals surface area contributed by atoms with E-state index in [0.29, 0.717) is 29.3 Å². The molecule has 9 heteroatoms. The number of nitrogens with zero attached hydrogens (tertiary/aromatic N) is 6. The highest BCUT2D eigenvalue weighted by Gasteiger charge is 2.25. The molecule has 0 radical (unpaired) electrons. The molecule has 2 saturated heterocycles. The van der Waals surface area contributed by atoms with Gasteiger partial charge in [-0.3, -0.25) is 14.6 Å². The van der Waals surface area contributed by atoms with Crippen LogP contribution in [-0.2, 0) is 0 Å². The number of carbonyl (C=O) groups excluding carboxylic acids is 1. The van der Waals surface area contributed by atoms with E-state index in [1.54, 1.807) is 0 Å². The van der Waals surface area contributed by atoms with Crippen LogP contribution in [0.25, 0.3) is 0 Å². The predicted octanol–water partition coefficient (Wildman–Crippen LogP) is 3.15. The Morgan fingerprint density at radius 3 is 2.81 bits per heavy atom. The van der Waals surface area contributed by atoms with Crippen molar-refractivity contribution < 1.29 is 4.79 Å². The maximum Gasteiger partial charge on any atom is 0.273 e. The number of nitrogens with one attached hydrogen (secondary N) is 1. The Bertz CT molecular complexity index is 961. The third kappa shape index (κ3) is 5.44. The van der Waals surface area contributed by atoms with Crippen molar-refractivity contribution in [2.24, 2.45) is 0 Å². The fourth-order valence-electron chi connectivity index (χ4n) is 4.43. The lowest BCUT2D eigenvalue weighted by molar-refractivity contribution is 0.0591. The summed E-state index contributed by atoms with van der Waals surface area (Å²) in [6, 6.07) is 8.74. The summed E-state index contributed by atoms with van der Waals surface area (Å²) in [5.74, 6) is 1.06. The zero-order chi connectivity index (χ0) is 22.5. The van der Waals surface area contributed by atoms with E-state index in [0.717, 1.165) is 63.6 Å². The SMILES string of the molecule is CC(C)N1CCN(C(=O)c2csc(Nc3cccc(C4CCCN(CC#N)C4)n3)n2)CC1. The first-order valence-corrected chi connectivity index (χ1v) is 12.2. The number of hydrogen-bond acceptors (Lipinski definition) is 8. The van der Waals surface area contributed by atoms with Crippen LogP contribution in [0, 0.1) is 11.3 Å². The van der Waals surface area contributed by atoms with Gasteiger partial charge in [0.2, 0.25) is 0 Å². The molecule has 8 nitrogen and oxygen atoms in total. The van der Waals surface area contributed by atoms with Crippen LogP contribution in [0.15, 0.2) is 23.6 Å². The molecule has 0 aromatic carbocycles. The Kier molecular flexibility index (Phi) is 7.35. The number of aromatic nitrogens is 2. The molecule has 0 aliphatic carbocycles. The zero-order valence-electron chi connectivity index (χ0n) is 18.8. The Morgan fingerprint density at radius 1 is 1.25 bits per heavy atom. The number of thiazole rings is 1. The van der Waals surface area contributed by atoms with Crippen LogP contribution < -0.4 is 5.32 Å². The standard InChI is InChI=1S/C23H31N7OS/c1-17(2)29-11-13-30(14-12-29)22(31)20-16-32-23(26-20)27-21-7-3-6-19(25-21)18-5-4-9-28(15-18)10-8-24/h3,6-7,16-18H,4-5,9-15H2,1-2H3,(H,25,26,27). The van der Waals surface area contributed by atoms with Crippen LogP contribution in [0.5, 0.6) is 0 Å². The van der Waals surface area contributed by atoms with Crippen LogP contribution in [0.4, 0.5) is 10.9 Å². The summed E-state index contributed by atoms with van der Waals surface area (Å²) in [6.07, 6.45) is 2.16. The van der Waals surface area contributed by atoms with Crippen molar-refractivity contribution in [1.29, 1.82) is 5.26 Å². The van der Waals surface area contributed by atoms with Gasteiger partial charge in [0, 0.05) is 55.8 Å². The minimum Gasteiger partial charge on any atom is -0.335 e. The average Bonchev–Trinajstić information content (AvgIpc) is 3.27. The largest absolute Gasteiger partial charge is 0.335 e. The van der Waals surface area contributed by atoms with Crippen LogP contribution in [0.1, 0.15) is 48.8 Å². The average molecular weight is 454 g/mol. The van der Waals surface area contributed by atoms with Gasteiger partial charge in [0.25, 0.3) is 5.91 Å². The summed E-state index contributed by atoms with van der Waals surface area (Å²) in [5, 5.41) is 14.8. The van der Waals surface area contributed by atoms with E-state index in [1.165, 1.54) is 11.3 Å². The van der Waals surface area contributed by atoms with Crippen molar-refractivity contribution in [3.63, 3.8) is 0 Å². The molecule has 170 valence electrons. The minimum absolute atomic E-state index is 0.000735. The summed E-state index contributed by atoms with van der Waals surface area (Å²) in [6.45, 7) is 9.98. The fraction of sp³-hybridized carbons (Fsp3) is 0.565. The summed E-state index contributed by atoms with van der Waals surface area (Å²) in [5.41, 5.74) is 1.53. The number of carbonyl (C=O) groups is 1. The summed E-state index contributed by atoms with van der Waals surface area (Å²) < 4.78 is 0. The van der Waals surface area contributed by atoms with Crippen LogP contribution in [-0.4, -0.2) is 82.4 Å². The molecule has 32 heavy (non-hydrogen) atoms. The molecular weight excluding hydrogens is 422 g/mol.